The van der Waals surface area contributed by atoms with Crippen molar-refractivity contribution < 1.29 is 50.5 Å². The zero-order valence-corrected chi connectivity index (χ0v) is 26.0. The van der Waals surface area contributed by atoms with Crippen molar-refractivity contribution in [2.75, 3.05) is 0 Å². The Morgan fingerprint density at radius 1 is 0.612 bits per heavy atom. The van der Waals surface area contributed by atoms with Crippen LogP contribution in [-0.4, -0.2) is 16.9 Å². The lowest BCUT2D eigenvalue weighted by Gasteiger charge is -2.32. The first-order valence-corrected chi connectivity index (χ1v) is 14.6. The molecule has 0 amide bonds. The Kier molecular flexibility index (Phi) is 11.6. The molecule has 4 aromatic rings. The Bertz CT molecular complexity index is 1830. The lowest BCUT2D eigenvalue weighted by atomic mass is 9.71. The number of carboxylic acids is 1. The van der Waals surface area contributed by atoms with Crippen LogP contribution in [0.1, 0.15) is 53.1 Å². The van der Waals surface area contributed by atoms with Crippen molar-refractivity contribution in [2.24, 2.45) is 0 Å². The van der Waals surface area contributed by atoms with Gasteiger partial charge in [-0.05, 0) is 83.6 Å². The molecule has 0 aliphatic rings. The molecule has 1 unspecified atom stereocenters. The summed E-state index contributed by atoms with van der Waals surface area (Å²) >= 11 is 0. The fraction of sp³-hybridized carbons (Fsp3) is 0.105. The van der Waals surface area contributed by atoms with Crippen LogP contribution in [0.3, 0.4) is 0 Å². The maximum absolute atomic E-state index is 13.4. The number of ketones is 1. The molecule has 0 radical (unpaired) electrons. The Hall–Kier alpha value is -5.84. The molecule has 0 fully saturated rings. The largest absolute Gasteiger partial charge is 0.481 e. The van der Waals surface area contributed by atoms with Gasteiger partial charge in [-0.25, -0.2) is 0 Å². The number of carbonyl (C=O) groups excluding carboxylic acids is 1. The summed E-state index contributed by atoms with van der Waals surface area (Å²) in [5, 5.41) is 9.15. The predicted octanol–water partition coefficient (Wildman–Crippen LogP) is 10.4. The highest BCUT2D eigenvalue weighted by Gasteiger charge is 2.31. The van der Waals surface area contributed by atoms with Gasteiger partial charge in [0.2, 0.25) is 0 Å². The third kappa shape index (κ3) is 9.16. The van der Waals surface area contributed by atoms with Gasteiger partial charge in [0, 0.05) is 5.41 Å². The summed E-state index contributed by atoms with van der Waals surface area (Å²) in [6.07, 6.45) is 0.764. The summed E-state index contributed by atoms with van der Waals surface area (Å²) in [5.74, 6) is -2.24. The standard InChI is InChI=1S/C38H28F6O5/c1-23(37(46)47)26-9-3-24(4-10-26)7-17-30(45)18-8-25-5-11-27(12-6-25)38(2,28-13-19-31(20-14-28)48-35(43)33(39)40)29-15-21-32(22-16-29)49-36(44)34(41)42/h3-23H,1-2H3,(H,46,47). The zero-order valence-electron chi connectivity index (χ0n) is 26.0. The van der Waals surface area contributed by atoms with E-state index in [1.54, 1.807) is 91.9 Å². The molecule has 0 aromatic heterocycles. The second kappa shape index (κ2) is 15.8. The summed E-state index contributed by atoms with van der Waals surface area (Å²) in [4.78, 5) is 23.7. The summed E-state index contributed by atoms with van der Waals surface area (Å²) in [6, 6.07) is 21.2. The van der Waals surface area contributed by atoms with Crippen LogP contribution in [0.25, 0.3) is 12.2 Å². The molecule has 5 nitrogen and oxygen atoms in total. The molecule has 4 aromatic carbocycles. The smallest absolute Gasteiger partial charge is 0.344 e. The first kappa shape index (κ1) is 36.0. The van der Waals surface area contributed by atoms with Gasteiger partial charge >= 0.3 is 30.2 Å². The molecule has 1 N–H and O–H groups in total. The van der Waals surface area contributed by atoms with Crippen molar-refractivity contribution in [3.63, 3.8) is 0 Å². The van der Waals surface area contributed by atoms with Gasteiger partial charge in [0.15, 0.2) is 5.78 Å². The van der Waals surface area contributed by atoms with E-state index < -0.39 is 41.5 Å². The minimum atomic E-state index is -2.61. The molecule has 0 saturated heterocycles. The number of hydrogen-bond donors (Lipinski definition) is 1. The number of aliphatic carboxylic acids is 1. The van der Waals surface area contributed by atoms with Crippen LogP contribution < -0.4 is 9.47 Å². The van der Waals surface area contributed by atoms with Gasteiger partial charge in [-0.3, -0.25) is 9.59 Å². The van der Waals surface area contributed by atoms with E-state index in [0.29, 0.717) is 27.8 Å². The van der Waals surface area contributed by atoms with Crippen molar-refractivity contribution in [3.8, 4) is 11.5 Å². The normalized spacial score (nSPS) is 12.1. The van der Waals surface area contributed by atoms with E-state index in [9.17, 15) is 35.9 Å². The van der Waals surface area contributed by atoms with Gasteiger partial charge in [-0.2, -0.15) is 26.3 Å². The van der Waals surface area contributed by atoms with Crippen LogP contribution in [0.15, 0.2) is 133 Å². The van der Waals surface area contributed by atoms with E-state index in [1.165, 1.54) is 36.4 Å². The number of rotatable bonds is 13. The highest BCUT2D eigenvalue weighted by atomic mass is 19.3. The Morgan fingerprint density at radius 3 is 1.31 bits per heavy atom. The van der Waals surface area contributed by atoms with Crippen molar-refractivity contribution in [1.82, 2.24) is 0 Å². The molecule has 11 heteroatoms. The summed E-state index contributed by atoms with van der Waals surface area (Å²) in [6.45, 7) is 3.41. The van der Waals surface area contributed by atoms with Gasteiger partial charge in [0.1, 0.15) is 11.5 Å². The predicted molar refractivity (Wildman–Crippen MR) is 172 cm³/mol. The van der Waals surface area contributed by atoms with Gasteiger partial charge in [-0.1, -0.05) is 84.9 Å². The Balaban J connectivity index is 1.58. The van der Waals surface area contributed by atoms with E-state index in [4.69, 9.17) is 5.11 Å². The number of allylic oxidation sites excluding steroid dienone is 2. The third-order valence-corrected chi connectivity index (χ3v) is 7.75. The van der Waals surface area contributed by atoms with Crippen LogP contribution in [0.4, 0.5) is 26.3 Å². The molecule has 0 aliphatic heterocycles. The second-order valence-corrected chi connectivity index (χ2v) is 10.9. The van der Waals surface area contributed by atoms with E-state index in [0.717, 1.165) is 5.56 Å². The number of hydrogen-bond acceptors (Lipinski definition) is 4. The van der Waals surface area contributed by atoms with Gasteiger partial charge < -0.3 is 14.6 Å². The fourth-order valence-corrected chi connectivity index (χ4v) is 4.87. The Labute approximate surface area is 277 Å². The van der Waals surface area contributed by atoms with Crippen LogP contribution in [0.2, 0.25) is 0 Å². The quantitative estimate of drug-likeness (QED) is 0.0660. The van der Waals surface area contributed by atoms with E-state index >= 15 is 0 Å². The molecule has 0 aliphatic carbocycles. The van der Waals surface area contributed by atoms with Gasteiger partial charge in [0.05, 0.1) is 5.92 Å². The molecule has 0 saturated carbocycles. The molecule has 49 heavy (non-hydrogen) atoms. The molecule has 1 atom stereocenters. The number of benzene rings is 4. The summed E-state index contributed by atoms with van der Waals surface area (Å²) in [5.41, 5.74) is 2.98. The lowest BCUT2D eigenvalue weighted by molar-refractivity contribution is -0.138. The topological polar surface area (TPSA) is 72.8 Å². The molecular formula is C38H28F6O5. The van der Waals surface area contributed by atoms with E-state index in [2.05, 4.69) is 9.47 Å². The maximum Gasteiger partial charge on any atom is 0.344 e. The number of ether oxygens (including phenoxy) is 2. The van der Waals surface area contributed by atoms with Crippen molar-refractivity contribution in [1.29, 1.82) is 0 Å². The second-order valence-electron chi connectivity index (χ2n) is 10.9. The number of halogens is 6. The number of carboxylic acid groups (broad SMARTS) is 1. The van der Waals surface area contributed by atoms with Crippen LogP contribution in [0.5, 0.6) is 11.5 Å². The van der Waals surface area contributed by atoms with Crippen molar-refractivity contribution in [3.05, 3.63) is 167 Å². The average Bonchev–Trinajstić information content (AvgIpc) is 3.10. The van der Waals surface area contributed by atoms with Gasteiger partial charge in [-0.15, -0.1) is 0 Å². The van der Waals surface area contributed by atoms with Crippen LogP contribution in [-0.2, 0) is 15.0 Å². The first-order chi connectivity index (χ1) is 23.3. The highest BCUT2D eigenvalue weighted by Crippen LogP contribution is 2.40. The molecule has 0 spiro atoms. The average molecular weight is 679 g/mol. The zero-order chi connectivity index (χ0) is 35.7. The summed E-state index contributed by atoms with van der Waals surface area (Å²) < 4.78 is 85.9. The Morgan fingerprint density at radius 2 is 0.959 bits per heavy atom. The highest BCUT2D eigenvalue weighted by molar-refractivity contribution is 6.04. The lowest BCUT2D eigenvalue weighted by Crippen LogP contribution is -2.25. The minimum absolute atomic E-state index is 0.181. The molecule has 4 rings (SSSR count). The maximum atomic E-state index is 13.4. The number of carbonyl (C=O) groups is 2. The molecular weight excluding hydrogens is 650 g/mol. The fourth-order valence-electron chi connectivity index (χ4n) is 4.87. The molecule has 0 heterocycles. The third-order valence-electron chi connectivity index (χ3n) is 7.75. The molecule has 252 valence electrons. The molecule has 0 bridgehead atoms. The van der Waals surface area contributed by atoms with Crippen molar-refractivity contribution in [2.45, 2.75) is 25.2 Å². The minimum Gasteiger partial charge on any atom is -0.481 e. The SMILES string of the molecule is CC(C(=O)O)c1ccc(C=CC(=O)C=Cc2ccc(C(C)(c3ccc(OC(F)=C(F)F)cc3)c3ccc(OC(F)=C(F)F)cc3)cc2)cc1. The van der Waals surface area contributed by atoms with E-state index in [1.807, 2.05) is 6.92 Å². The van der Waals surface area contributed by atoms with Crippen LogP contribution >= 0.6 is 0 Å². The van der Waals surface area contributed by atoms with E-state index in [-0.39, 0.29) is 17.3 Å². The van der Waals surface area contributed by atoms with Crippen molar-refractivity contribution >= 4 is 23.9 Å². The summed E-state index contributed by atoms with van der Waals surface area (Å²) in [7, 11) is 0. The van der Waals surface area contributed by atoms with Gasteiger partial charge in [0.25, 0.3) is 0 Å². The first-order valence-electron chi connectivity index (χ1n) is 14.6. The van der Waals surface area contributed by atoms with Crippen LogP contribution in [0, 0.1) is 0 Å². The monoisotopic (exact) mass is 678 g/mol.